The van der Waals surface area contributed by atoms with Crippen molar-refractivity contribution in [2.75, 3.05) is 6.54 Å². The molecule has 0 radical (unpaired) electrons. The average Bonchev–Trinajstić information content (AvgIpc) is 2.82. The predicted octanol–water partition coefficient (Wildman–Crippen LogP) is 2.44. The van der Waals surface area contributed by atoms with E-state index in [4.69, 9.17) is 9.94 Å². The van der Waals surface area contributed by atoms with Crippen LogP contribution in [0.4, 0.5) is 0 Å². The van der Waals surface area contributed by atoms with Gasteiger partial charge in [-0.2, -0.15) is 4.31 Å². The molecule has 32 heavy (non-hydrogen) atoms. The molecule has 3 aromatic carbocycles. The summed E-state index contributed by atoms with van der Waals surface area (Å²) in [5.74, 6) is -0.323. The lowest BCUT2D eigenvalue weighted by Gasteiger charge is -2.35. The van der Waals surface area contributed by atoms with Crippen LogP contribution in [-0.2, 0) is 21.4 Å². The summed E-state index contributed by atoms with van der Waals surface area (Å²) in [6.07, 6.45) is -0.500. The molecule has 0 bridgehead atoms. The molecule has 4 rings (SSSR count). The summed E-state index contributed by atoms with van der Waals surface area (Å²) >= 11 is 0. The van der Waals surface area contributed by atoms with Gasteiger partial charge in [-0.25, -0.2) is 13.9 Å². The summed E-state index contributed by atoms with van der Waals surface area (Å²) in [6, 6.07) is 18.8. The Morgan fingerprint density at radius 2 is 1.75 bits per heavy atom. The molecule has 8 nitrogen and oxygen atoms in total. The number of nitrogens with one attached hydrogen (secondary N) is 1. The Balaban J connectivity index is 1.51. The zero-order valence-corrected chi connectivity index (χ0v) is 18.0. The number of carbonyl (C=O) groups excluding carboxylic acids is 1. The molecule has 1 fully saturated rings. The molecular formula is C23H24N2O6S. The first-order valence-electron chi connectivity index (χ1n) is 10.2. The highest BCUT2D eigenvalue weighted by Gasteiger charge is 2.40. The Morgan fingerprint density at radius 1 is 1.03 bits per heavy atom. The summed E-state index contributed by atoms with van der Waals surface area (Å²) in [7, 11) is -4.07. The fourth-order valence-electron chi connectivity index (χ4n) is 3.95. The fourth-order valence-corrected chi connectivity index (χ4v) is 5.60. The van der Waals surface area contributed by atoms with E-state index in [0.29, 0.717) is 12.4 Å². The highest BCUT2D eigenvalue weighted by molar-refractivity contribution is 7.89. The molecule has 1 heterocycles. The molecule has 168 valence electrons. The maximum atomic E-state index is 13.1. The van der Waals surface area contributed by atoms with Crippen LogP contribution in [-0.4, -0.2) is 47.6 Å². The molecular weight excluding hydrogens is 432 g/mol. The Kier molecular flexibility index (Phi) is 6.43. The van der Waals surface area contributed by atoms with Crippen molar-refractivity contribution in [2.45, 2.75) is 36.5 Å². The van der Waals surface area contributed by atoms with Crippen molar-refractivity contribution in [1.29, 1.82) is 0 Å². The van der Waals surface area contributed by atoms with Crippen LogP contribution in [0.15, 0.2) is 71.6 Å². The number of aliphatic hydroxyl groups is 1. The molecule has 3 aromatic rings. The summed E-state index contributed by atoms with van der Waals surface area (Å²) in [5.41, 5.74) is 2.52. The number of nitrogens with zero attached hydrogens (tertiary/aromatic N) is 1. The van der Waals surface area contributed by atoms with E-state index in [0.717, 1.165) is 20.6 Å². The van der Waals surface area contributed by atoms with Crippen molar-refractivity contribution < 1.29 is 28.3 Å². The molecule has 1 aliphatic heterocycles. The van der Waals surface area contributed by atoms with Crippen LogP contribution < -0.4 is 10.2 Å². The molecule has 0 spiro atoms. The number of sulfonamides is 1. The number of hydrogen-bond acceptors (Lipinski definition) is 6. The summed E-state index contributed by atoms with van der Waals surface area (Å²) in [6.45, 7) is 0.101. The standard InChI is InChI=1S/C23H24N2O6S/c26-18-8-13-22(23(27)24-28)25(14-18)32(29,30)20-11-9-19(10-12-20)31-15-17-6-3-5-16-4-1-2-7-21(16)17/h1-7,9-12,18,22,26,28H,8,13-15H2,(H,24,27)/t18-,22-/m1/s1. The van der Waals surface area contributed by atoms with Gasteiger partial charge in [0.25, 0.3) is 5.91 Å². The molecule has 2 atom stereocenters. The van der Waals surface area contributed by atoms with Gasteiger partial charge in [0.1, 0.15) is 18.4 Å². The van der Waals surface area contributed by atoms with Crippen molar-refractivity contribution in [2.24, 2.45) is 0 Å². The molecule has 0 unspecified atom stereocenters. The third kappa shape index (κ3) is 4.46. The Hall–Kier alpha value is -2.98. The van der Waals surface area contributed by atoms with Gasteiger partial charge in [-0.3, -0.25) is 10.0 Å². The predicted molar refractivity (Wildman–Crippen MR) is 118 cm³/mol. The van der Waals surface area contributed by atoms with E-state index in [1.165, 1.54) is 17.6 Å². The number of ether oxygens (including phenoxy) is 1. The van der Waals surface area contributed by atoms with Crippen LogP contribution in [0.1, 0.15) is 18.4 Å². The van der Waals surface area contributed by atoms with Crippen molar-refractivity contribution in [3.63, 3.8) is 0 Å². The number of β-amino-alcohol motifs (C(OH)–C–C–N with tert-alkyl or cyclic N) is 1. The maximum Gasteiger partial charge on any atom is 0.261 e. The van der Waals surface area contributed by atoms with Crippen LogP contribution in [0.25, 0.3) is 10.8 Å². The van der Waals surface area contributed by atoms with Crippen LogP contribution in [0.2, 0.25) is 0 Å². The second kappa shape index (κ2) is 9.25. The van der Waals surface area contributed by atoms with E-state index < -0.39 is 28.1 Å². The third-order valence-corrected chi connectivity index (χ3v) is 7.52. The average molecular weight is 457 g/mol. The van der Waals surface area contributed by atoms with Crippen LogP contribution in [0, 0.1) is 0 Å². The third-order valence-electron chi connectivity index (χ3n) is 5.63. The Morgan fingerprint density at radius 3 is 2.50 bits per heavy atom. The quantitative estimate of drug-likeness (QED) is 0.388. The second-order valence-electron chi connectivity index (χ2n) is 7.70. The molecule has 0 saturated carbocycles. The summed E-state index contributed by atoms with van der Waals surface area (Å²) < 4.78 is 33.0. The fraction of sp³-hybridized carbons (Fsp3) is 0.261. The number of hydrogen-bond donors (Lipinski definition) is 3. The number of aliphatic hydroxyl groups excluding tert-OH is 1. The van der Waals surface area contributed by atoms with Crippen LogP contribution >= 0.6 is 0 Å². The van der Waals surface area contributed by atoms with E-state index >= 15 is 0 Å². The SMILES string of the molecule is O=C(NO)[C@H]1CC[C@@H](O)CN1S(=O)(=O)c1ccc(OCc2cccc3ccccc23)cc1. The van der Waals surface area contributed by atoms with Gasteiger partial charge in [-0.1, -0.05) is 42.5 Å². The van der Waals surface area contributed by atoms with Crippen molar-refractivity contribution in [3.8, 4) is 5.75 Å². The van der Waals surface area contributed by atoms with E-state index in [2.05, 4.69) is 0 Å². The monoisotopic (exact) mass is 456 g/mol. The molecule has 9 heteroatoms. The number of rotatable bonds is 6. The van der Waals surface area contributed by atoms with Crippen molar-refractivity contribution in [3.05, 3.63) is 72.3 Å². The first-order valence-corrected chi connectivity index (χ1v) is 11.7. The number of fused-ring (bicyclic) bond motifs is 1. The highest BCUT2D eigenvalue weighted by atomic mass is 32.2. The lowest BCUT2D eigenvalue weighted by molar-refractivity contribution is -0.135. The van der Waals surface area contributed by atoms with E-state index in [1.54, 1.807) is 12.1 Å². The minimum atomic E-state index is -4.07. The van der Waals surface area contributed by atoms with Gasteiger partial charge in [0.15, 0.2) is 0 Å². The topological polar surface area (TPSA) is 116 Å². The molecule has 1 saturated heterocycles. The smallest absolute Gasteiger partial charge is 0.261 e. The van der Waals surface area contributed by atoms with Crippen LogP contribution in [0.5, 0.6) is 5.75 Å². The molecule has 1 amide bonds. The number of amides is 1. The zero-order valence-electron chi connectivity index (χ0n) is 17.2. The van der Waals surface area contributed by atoms with E-state index in [-0.39, 0.29) is 24.3 Å². The highest BCUT2D eigenvalue weighted by Crippen LogP contribution is 2.27. The second-order valence-corrected chi connectivity index (χ2v) is 9.59. The molecule has 0 aromatic heterocycles. The Bertz CT molecular complexity index is 1210. The van der Waals surface area contributed by atoms with Gasteiger partial charge < -0.3 is 9.84 Å². The first-order chi connectivity index (χ1) is 15.4. The normalized spacial score (nSPS) is 19.6. The van der Waals surface area contributed by atoms with Crippen molar-refractivity contribution >= 4 is 26.7 Å². The van der Waals surface area contributed by atoms with Gasteiger partial charge in [0.2, 0.25) is 10.0 Å². The van der Waals surface area contributed by atoms with Gasteiger partial charge in [0, 0.05) is 6.54 Å². The summed E-state index contributed by atoms with van der Waals surface area (Å²) in [4.78, 5) is 11.9. The minimum Gasteiger partial charge on any atom is -0.489 e. The van der Waals surface area contributed by atoms with Gasteiger partial charge in [-0.15, -0.1) is 0 Å². The number of benzene rings is 3. The van der Waals surface area contributed by atoms with E-state index in [9.17, 15) is 18.3 Å². The van der Waals surface area contributed by atoms with Crippen LogP contribution in [0.3, 0.4) is 0 Å². The lowest BCUT2D eigenvalue weighted by Crippen LogP contribution is -2.54. The number of piperidine rings is 1. The first kappa shape index (κ1) is 22.2. The van der Waals surface area contributed by atoms with Gasteiger partial charge >= 0.3 is 0 Å². The molecule has 3 N–H and O–H groups in total. The number of carbonyl (C=O) groups is 1. The Labute approximate surface area is 186 Å². The molecule has 1 aliphatic rings. The maximum absolute atomic E-state index is 13.1. The van der Waals surface area contributed by atoms with Gasteiger partial charge in [-0.05, 0) is 53.4 Å². The summed E-state index contributed by atoms with van der Waals surface area (Å²) in [5, 5.41) is 21.1. The minimum absolute atomic E-state index is 0.0279. The number of hydroxylamine groups is 1. The van der Waals surface area contributed by atoms with Crippen molar-refractivity contribution in [1.82, 2.24) is 9.79 Å². The van der Waals surface area contributed by atoms with Gasteiger partial charge in [0.05, 0.1) is 11.0 Å². The zero-order chi connectivity index (χ0) is 22.7. The van der Waals surface area contributed by atoms with E-state index in [1.807, 2.05) is 42.5 Å². The lowest BCUT2D eigenvalue weighted by atomic mass is 10.0. The molecule has 0 aliphatic carbocycles. The largest absolute Gasteiger partial charge is 0.489 e.